The van der Waals surface area contributed by atoms with Crippen molar-refractivity contribution in [2.24, 2.45) is 11.7 Å². The van der Waals surface area contributed by atoms with Crippen LogP contribution in [0.1, 0.15) is 30.6 Å². The van der Waals surface area contributed by atoms with E-state index in [-0.39, 0.29) is 11.5 Å². The third-order valence-electron chi connectivity index (χ3n) is 2.54. The standard InChI is InChI=1S/C13H16F2N2O2/c1-7(2)5-11(12(16)18)17-13(19)8-3-4-9(14)10(15)6-8/h3-4,6-7,11H,5H2,1-2H3,(H2,16,18)(H,17,19)/t11-/m0/s1. The molecule has 0 aliphatic carbocycles. The van der Waals surface area contributed by atoms with Crippen LogP contribution in [0.4, 0.5) is 8.78 Å². The number of amides is 2. The maximum absolute atomic E-state index is 13.0. The maximum atomic E-state index is 13.0. The lowest BCUT2D eigenvalue weighted by atomic mass is 10.0. The summed E-state index contributed by atoms with van der Waals surface area (Å²) >= 11 is 0. The molecule has 2 amide bonds. The normalized spacial score (nSPS) is 12.3. The molecule has 104 valence electrons. The number of carbonyl (C=O) groups excluding carboxylic acids is 2. The maximum Gasteiger partial charge on any atom is 0.252 e. The number of halogens is 2. The van der Waals surface area contributed by atoms with Gasteiger partial charge in [-0.2, -0.15) is 0 Å². The summed E-state index contributed by atoms with van der Waals surface area (Å²) in [6.07, 6.45) is 0.380. The van der Waals surface area contributed by atoms with Crippen LogP contribution in [-0.2, 0) is 4.79 Å². The zero-order valence-corrected chi connectivity index (χ0v) is 10.7. The van der Waals surface area contributed by atoms with E-state index in [1.54, 1.807) is 0 Å². The van der Waals surface area contributed by atoms with Crippen molar-refractivity contribution in [2.45, 2.75) is 26.3 Å². The first-order valence-electron chi connectivity index (χ1n) is 5.86. The van der Waals surface area contributed by atoms with Gasteiger partial charge in [0.1, 0.15) is 6.04 Å². The Kier molecular flexibility index (Phi) is 4.97. The van der Waals surface area contributed by atoms with Gasteiger partial charge < -0.3 is 11.1 Å². The van der Waals surface area contributed by atoms with Crippen LogP contribution in [0.3, 0.4) is 0 Å². The minimum absolute atomic E-state index is 0.0612. The zero-order valence-electron chi connectivity index (χ0n) is 10.7. The Morgan fingerprint density at radius 2 is 1.89 bits per heavy atom. The van der Waals surface area contributed by atoms with Crippen LogP contribution in [0.5, 0.6) is 0 Å². The predicted molar refractivity (Wildman–Crippen MR) is 66.3 cm³/mol. The molecule has 4 nitrogen and oxygen atoms in total. The minimum Gasteiger partial charge on any atom is -0.368 e. The summed E-state index contributed by atoms with van der Waals surface area (Å²) in [5, 5.41) is 2.41. The van der Waals surface area contributed by atoms with Gasteiger partial charge in [0.05, 0.1) is 0 Å². The second-order valence-electron chi connectivity index (χ2n) is 4.69. The Balaban J connectivity index is 2.81. The van der Waals surface area contributed by atoms with Crippen LogP contribution in [0.25, 0.3) is 0 Å². The van der Waals surface area contributed by atoms with Crippen molar-refractivity contribution in [2.75, 3.05) is 0 Å². The number of primary amides is 1. The van der Waals surface area contributed by atoms with Gasteiger partial charge in [0.25, 0.3) is 5.91 Å². The van der Waals surface area contributed by atoms with Gasteiger partial charge in [-0.3, -0.25) is 9.59 Å². The molecule has 0 saturated carbocycles. The Bertz CT molecular complexity index is 490. The molecule has 0 aromatic heterocycles. The van der Waals surface area contributed by atoms with Crippen molar-refractivity contribution in [1.29, 1.82) is 0 Å². The summed E-state index contributed by atoms with van der Waals surface area (Å²) < 4.78 is 25.7. The van der Waals surface area contributed by atoms with E-state index in [4.69, 9.17) is 5.73 Å². The van der Waals surface area contributed by atoms with Gasteiger partial charge in [0.2, 0.25) is 5.91 Å². The average molecular weight is 270 g/mol. The SMILES string of the molecule is CC(C)C[C@H](NC(=O)c1ccc(F)c(F)c1)C(N)=O. The molecule has 6 heteroatoms. The zero-order chi connectivity index (χ0) is 14.6. The Hall–Kier alpha value is -1.98. The molecule has 0 bridgehead atoms. The lowest BCUT2D eigenvalue weighted by Gasteiger charge is -2.17. The van der Waals surface area contributed by atoms with Crippen molar-refractivity contribution >= 4 is 11.8 Å². The van der Waals surface area contributed by atoms with Gasteiger partial charge in [-0.25, -0.2) is 8.78 Å². The first-order valence-corrected chi connectivity index (χ1v) is 5.86. The van der Waals surface area contributed by atoms with Gasteiger partial charge in [-0.1, -0.05) is 13.8 Å². The highest BCUT2D eigenvalue weighted by Gasteiger charge is 2.20. The van der Waals surface area contributed by atoms with Crippen LogP contribution in [0.15, 0.2) is 18.2 Å². The molecule has 0 aliphatic heterocycles. The number of nitrogens with one attached hydrogen (secondary N) is 1. The summed E-state index contributed by atoms with van der Waals surface area (Å²) in [6, 6.07) is 1.94. The molecule has 0 radical (unpaired) electrons. The summed E-state index contributed by atoms with van der Waals surface area (Å²) in [5.41, 5.74) is 5.12. The highest BCUT2D eigenvalue weighted by Crippen LogP contribution is 2.10. The monoisotopic (exact) mass is 270 g/mol. The summed E-state index contributed by atoms with van der Waals surface area (Å²) in [5.74, 6) is -3.33. The lowest BCUT2D eigenvalue weighted by molar-refractivity contribution is -0.120. The molecule has 0 spiro atoms. The van der Waals surface area contributed by atoms with Gasteiger partial charge >= 0.3 is 0 Å². The molecule has 1 aromatic carbocycles. The fraction of sp³-hybridized carbons (Fsp3) is 0.385. The average Bonchev–Trinajstić information content (AvgIpc) is 2.31. The Morgan fingerprint density at radius 3 is 2.37 bits per heavy atom. The van der Waals surface area contributed by atoms with Crippen LogP contribution < -0.4 is 11.1 Å². The highest BCUT2D eigenvalue weighted by atomic mass is 19.2. The van der Waals surface area contributed by atoms with Gasteiger partial charge in [0.15, 0.2) is 11.6 Å². The lowest BCUT2D eigenvalue weighted by Crippen LogP contribution is -2.45. The number of hydrogen-bond donors (Lipinski definition) is 2. The van der Waals surface area contributed by atoms with Crippen molar-refractivity contribution in [3.8, 4) is 0 Å². The highest BCUT2D eigenvalue weighted by molar-refractivity contribution is 5.97. The molecule has 0 fully saturated rings. The smallest absolute Gasteiger partial charge is 0.252 e. The third kappa shape index (κ3) is 4.31. The van der Waals surface area contributed by atoms with Crippen LogP contribution in [-0.4, -0.2) is 17.9 Å². The summed E-state index contributed by atoms with van der Waals surface area (Å²) in [7, 11) is 0. The van der Waals surface area contributed by atoms with Crippen molar-refractivity contribution in [3.05, 3.63) is 35.4 Å². The van der Waals surface area contributed by atoms with E-state index in [1.807, 2.05) is 13.8 Å². The van der Waals surface area contributed by atoms with Crippen LogP contribution >= 0.6 is 0 Å². The van der Waals surface area contributed by atoms with Gasteiger partial charge in [0, 0.05) is 5.56 Å². The van der Waals surface area contributed by atoms with Crippen molar-refractivity contribution < 1.29 is 18.4 Å². The minimum atomic E-state index is -1.12. The van der Waals surface area contributed by atoms with E-state index < -0.39 is 29.5 Å². The number of carbonyl (C=O) groups is 2. The van der Waals surface area contributed by atoms with Crippen molar-refractivity contribution in [1.82, 2.24) is 5.32 Å². The largest absolute Gasteiger partial charge is 0.368 e. The van der Waals surface area contributed by atoms with E-state index in [0.717, 1.165) is 18.2 Å². The van der Waals surface area contributed by atoms with Crippen LogP contribution in [0, 0.1) is 17.6 Å². The molecule has 1 aromatic rings. The first kappa shape index (κ1) is 15.1. The Labute approximate surface area is 110 Å². The predicted octanol–water partition coefficient (Wildman–Crippen LogP) is 1.59. The van der Waals surface area contributed by atoms with E-state index in [9.17, 15) is 18.4 Å². The van der Waals surface area contributed by atoms with Crippen LogP contribution in [0.2, 0.25) is 0 Å². The molecule has 0 saturated heterocycles. The number of nitrogens with two attached hydrogens (primary N) is 1. The summed E-state index contributed by atoms with van der Waals surface area (Å²) in [6.45, 7) is 3.75. The van der Waals surface area contributed by atoms with E-state index in [2.05, 4.69) is 5.32 Å². The fourth-order valence-corrected chi connectivity index (χ4v) is 1.60. The quantitative estimate of drug-likeness (QED) is 0.853. The molecule has 0 heterocycles. The number of hydrogen-bond acceptors (Lipinski definition) is 2. The molecule has 0 aliphatic rings. The van der Waals surface area contributed by atoms with Crippen molar-refractivity contribution in [3.63, 3.8) is 0 Å². The number of rotatable bonds is 5. The molecule has 19 heavy (non-hydrogen) atoms. The third-order valence-corrected chi connectivity index (χ3v) is 2.54. The Morgan fingerprint density at radius 1 is 1.26 bits per heavy atom. The van der Waals surface area contributed by atoms with E-state index in [1.165, 1.54) is 0 Å². The van der Waals surface area contributed by atoms with E-state index in [0.29, 0.717) is 6.42 Å². The second-order valence-corrected chi connectivity index (χ2v) is 4.69. The van der Waals surface area contributed by atoms with Gasteiger partial charge in [-0.15, -0.1) is 0 Å². The molecular formula is C13H16F2N2O2. The van der Waals surface area contributed by atoms with Gasteiger partial charge in [-0.05, 0) is 30.5 Å². The fourth-order valence-electron chi connectivity index (χ4n) is 1.60. The molecule has 1 rings (SSSR count). The molecular weight excluding hydrogens is 254 g/mol. The molecule has 3 N–H and O–H groups in total. The second kappa shape index (κ2) is 6.26. The first-order chi connectivity index (χ1) is 8.81. The summed E-state index contributed by atoms with van der Waals surface area (Å²) in [4.78, 5) is 23.0. The molecule has 0 unspecified atom stereocenters. The number of benzene rings is 1. The topological polar surface area (TPSA) is 72.2 Å². The molecule has 1 atom stereocenters. The van der Waals surface area contributed by atoms with E-state index >= 15 is 0 Å².